The summed E-state index contributed by atoms with van der Waals surface area (Å²) >= 11 is 0. The number of rotatable bonds is 1. The van der Waals surface area contributed by atoms with E-state index < -0.39 is 0 Å². The molecule has 0 spiro atoms. The Morgan fingerprint density at radius 3 is 3.11 bits per heavy atom. The van der Waals surface area contributed by atoms with Crippen molar-refractivity contribution in [1.29, 1.82) is 0 Å². The van der Waals surface area contributed by atoms with Gasteiger partial charge < -0.3 is 4.98 Å². The minimum Gasteiger partial charge on any atom is -0.356 e. The Bertz CT molecular complexity index is 620. The summed E-state index contributed by atoms with van der Waals surface area (Å²) < 4.78 is 0. The lowest BCUT2D eigenvalue weighted by atomic mass is 10.1. The highest BCUT2D eigenvalue weighted by Crippen LogP contribution is 2.24. The fraction of sp³-hybridized carbons (Fsp3) is 0.250. The molecule has 1 aliphatic rings. The van der Waals surface area contributed by atoms with Crippen LogP contribution in [0.5, 0.6) is 0 Å². The van der Waals surface area contributed by atoms with E-state index in [9.17, 15) is 10.0 Å². The molecule has 2 aromatic rings. The first-order valence-corrected chi connectivity index (χ1v) is 5.68. The zero-order valence-corrected chi connectivity index (χ0v) is 9.84. The SMILES string of the molecule is Cc1nccc(-c2cc3c([nH]2)CCN(O)C3=O)n1. The number of nitrogens with one attached hydrogen (secondary N) is 1. The van der Waals surface area contributed by atoms with Crippen LogP contribution in [0.2, 0.25) is 0 Å². The molecule has 0 atom stereocenters. The molecular formula is C12H12N4O2. The maximum atomic E-state index is 11.8. The van der Waals surface area contributed by atoms with Crippen LogP contribution in [0.4, 0.5) is 0 Å². The normalized spacial score (nSPS) is 14.8. The van der Waals surface area contributed by atoms with Crippen molar-refractivity contribution in [3.05, 3.63) is 35.4 Å². The Balaban J connectivity index is 2.06. The zero-order valence-electron chi connectivity index (χ0n) is 9.84. The van der Waals surface area contributed by atoms with E-state index in [0.717, 1.165) is 22.1 Å². The number of carbonyl (C=O) groups excluding carboxylic acids is 1. The molecule has 0 saturated heterocycles. The van der Waals surface area contributed by atoms with Gasteiger partial charge in [0.1, 0.15) is 5.82 Å². The molecule has 0 radical (unpaired) electrons. The Hall–Kier alpha value is -2.21. The molecule has 0 bridgehead atoms. The van der Waals surface area contributed by atoms with E-state index in [1.165, 1.54) is 0 Å². The highest BCUT2D eigenvalue weighted by atomic mass is 16.5. The van der Waals surface area contributed by atoms with Crippen molar-refractivity contribution in [3.63, 3.8) is 0 Å². The summed E-state index contributed by atoms with van der Waals surface area (Å²) in [6.45, 7) is 2.13. The lowest BCUT2D eigenvalue weighted by Gasteiger charge is -2.19. The van der Waals surface area contributed by atoms with Crippen molar-refractivity contribution < 1.29 is 10.0 Å². The molecule has 92 valence electrons. The maximum Gasteiger partial charge on any atom is 0.279 e. The monoisotopic (exact) mass is 244 g/mol. The fourth-order valence-corrected chi connectivity index (χ4v) is 2.09. The van der Waals surface area contributed by atoms with Crippen LogP contribution in [-0.2, 0) is 6.42 Å². The van der Waals surface area contributed by atoms with Gasteiger partial charge in [0, 0.05) is 18.3 Å². The van der Waals surface area contributed by atoms with Crippen LogP contribution >= 0.6 is 0 Å². The van der Waals surface area contributed by atoms with Gasteiger partial charge in [0.05, 0.1) is 23.5 Å². The Labute approximate surface area is 103 Å². The molecule has 0 aliphatic carbocycles. The molecule has 3 heterocycles. The van der Waals surface area contributed by atoms with Crippen LogP contribution in [-0.4, -0.2) is 37.7 Å². The smallest absolute Gasteiger partial charge is 0.279 e. The van der Waals surface area contributed by atoms with E-state index in [1.54, 1.807) is 18.3 Å². The maximum absolute atomic E-state index is 11.8. The molecule has 0 fully saturated rings. The van der Waals surface area contributed by atoms with Gasteiger partial charge in [-0.3, -0.25) is 10.0 Å². The lowest BCUT2D eigenvalue weighted by Crippen LogP contribution is -2.34. The molecule has 2 aromatic heterocycles. The number of carbonyl (C=O) groups is 1. The number of hydrogen-bond acceptors (Lipinski definition) is 4. The minimum atomic E-state index is -0.371. The minimum absolute atomic E-state index is 0.314. The molecule has 18 heavy (non-hydrogen) atoms. The van der Waals surface area contributed by atoms with E-state index in [2.05, 4.69) is 15.0 Å². The highest BCUT2D eigenvalue weighted by Gasteiger charge is 2.25. The van der Waals surface area contributed by atoms with Crippen LogP contribution in [0, 0.1) is 6.92 Å². The molecule has 1 aliphatic heterocycles. The lowest BCUT2D eigenvalue weighted by molar-refractivity contribution is -0.0603. The first-order chi connectivity index (χ1) is 8.65. The average molecular weight is 244 g/mol. The van der Waals surface area contributed by atoms with Crippen LogP contribution < -0.4 is 0 Å². The van der Waals surface area contributed by atoms with Gasteiger partial charge in [-0.25, -0.2) is 15.0 Å². The number of hydroxylamine groups is 2. The van der Waals surface area contributed by atoms with Gasteiger partial charge in [-0.15, -0.1) is 0 Å². The number of hydrogen-bond donors (Lipinski definition) is 2. The van der Waals surface area contributed by atoms with Gasteiger partial charge in [-0.05, 0) is 19.1 Å². The van der Waals surface area contributed by atoms with Gasteiger partial charge in [0.2, 0.25) is 0 Å². The average Bonchev–Trinajstić information content (AvgIpc) is 2.79. The number of aromatic amines is 1. The number of amides is 1. The van der Waals surface area contributed by atoms with Crippen LogP contribution in [0.3, 0.4) is 0 Å². The van der Waals surface area contributed by atoms with Crippen molar-refractivity contribution in [1.82, 2.24) is 20.0 Å². The number of fused-ring (bicyclic) bond motifs is 1. The largest absolute Gasteiger partial charge is 0.356 e. The first kappa shape index (κ1) is 10.9. The highest BCUT2D eigenvalue weighted by molar-refractivity contribution is 5.96. The summed E-state index contributed by atoms with van der Waals surface area (Å²) in [5, 5.41) is 10.1. The van der Waals surface area contributed by atoms with E-state index >= 15 is 0 Å². The summed E-state index contributed by atoms with van der Waals surface area (Å²) in [6.07, 6.45) is 2.29. The van der Waals surface area contributed by atoms with Crippen LogP contribution in [0.25, 0.3) is 11.4 Å². The van der Waals surface area contributed by atoms with Gasteiger partial charge in [-0.2, -0.15) is 0 Å². The van der Waals surface area contributed by atoms with Gasteiger partial charge in [-0.1, -0.05) is 0 Å². The van der Waals surface area contributed by atoms with Gasteiger partial charge in [0.25, 0.3) is 5.91 Å². The van der Waals surface area contributed by atoms with E-state index in [1.807, 2.05) is 6.92 Å². The Morgan fingerprint density at radius 2 is 2.33 bits per heavy atom. The molecule has 1 amide bonds. The third-order valence-corrected chi connectivity index (χ3v) is 2.99. The molecule has 2 N–H and O–H groups in total. The van der Waals surface area contributed by atoms with Gasteiger partial charge >= 0.3 is 0 Å². The Morgan fingerprint density at radius 1 is 1.50 bits per heavy atom. The van der Waals surface area contributed by atoms with Crippen molar-refractivity contribution >= 4 is 5.91 Å². The first-order valence-electron chi connectivity index (χ1n) is 5.68. The van der Waals surface area contributed by atoms with Crippen molar-refractivity contribution in [3.8, 4) is 11.4 Å². The molecular weight excluding hydrogens is 232 g/mol. The van der Waals surface area contributed by atoms with Crippen LogP contribution in [0.15, 0.2) is 18.3 Å². The third kappa shape index (κ3) is 1.67. The number of nitrogens with zero attached hydrogens (tertiary/aromatic N) is 3. The van der Waals surface area contributed by atoms with Crippen molar-refractivity contribution in [2.24, 2.45) is 0 Å². The van der Waals surface area contributed by atoms with Crippen molar-refractivity contribution in [2.45, 2.75) is 13.3 Å². The van der Waals surface area contributed by atoms with E-state index in [4.69, 9.17) is 0 Å². The van der Waals surface area contributed by atoms with Crippen LogP contribution in [0.1, 0.15) is 21.9 Å². The summed E-state index contributed by atoms with van der Waals surface area (Å²) in [5.74, 6) is 0.305. The fourth-order valence-electron chi connectivity index (χ4n) is 2.09. The molecule has 0 unspecified atom stereocenters. The Kier molecular flexibility index (Phi) is 2.38. The molecule has 0 saturated carbocycles. The predicted molar refractivity (Wildman–Crippen MR) is 63.1 cm³/mol. The number of aryl methyl sites for hydroxylation is 1. The van der Waals surface area contributed by atoms with E-state index in [-0.39, 0.29) is 5.91 Å². The topological polar surface area (TPSA) is 82.1 Å². The summed E-state index contributed by atoms with van der Waals surface area (Å²) in [7, 11) is 0. The second kappa shape index (κ2) is 3.92. The number of aromatic nitrogens is 3. The predicted octanol–water partition coefficient (Wildman–Crippen LogP) is 1.17. The van der Waals surface area contributed by atoms with E-state index in [0.29, 0.717) is 24.4 Å². The third-order valence-electron chi connectivity index (χ3n) is 2.99. The number of H-pyrrole nitrogens is 1. The second-order valence-electron chi connectivity index (χ2n) is 4.24. The second-order valence-corrected chi connectivity index (χ2v) is 4.24. The molecule has 3 rings (SSSR count). The van der Waals surface area contributed by atoms with Gasteiger partial charge in [0.15, 0.2) is 0 Å². The summed E-state index contributed by atoms with van der Waals surface area (Å²) in [6, 6.07) is 3.51. The summed E-state index contributed by atoms with van der Waals surface area (Å²) in [5.41, 5.74) is 2.87. The standard InChI is InChI=1S/C12H12N4O2/c1-7-13-4-2-10(14-7)11-6-8-9(15-11)3-5-16(18)12(8)17/h2,4,6,15,18H,3,5H2,1H3. The molecule has 0 aromatic carbocycles. The summed E-state index contributed by atoms with van der Waals surface area (Å²) in [4.78, 5) is 23.3. The zero-order chi connectivity index (χ0) is 12.7. The molecule has 6 heteroatoms. The molecule has 6 nitrogen and oxygen atoms in total. The quantitative estimate of drug-likeness (QED) is 0.738. The van der Waals surface area contributed by atoms with Crippen molar-refractivity contribution in [2.75, 3.05) is 6.54 Å².